The van der Waals surface area contributed by atoms with Gasteiger partial charge in [0.15, 0.2) is 6.04 Å². The summed E-state index contributed by atoms with van der Waals surface area (Å²) in [5, 5.41) is 5.09. The third-order valence-electron chi connectivity index (χ3n) is 4.25. The minimum absolute atomic E-state index is 0.00284. The van der Waals surface area contributed by atoms with Gasteiger partial charge in [-0.3, -0.25) is 4.79 Å². The predicted octanol–water partition coefficient (Wildman–Crippen LogP) is 3.37. The number of carbonyl (C=O) groups excluding carboxylic acids is 1. The molecule has 3 aromatic carbocycles. The van der Waals surface area contributed by atoms with Crippen LogP contribution in [0.3, 0.4) is 0 Å². The Labute approximate surface area is 148 Å². The van der Waals surface area contributed by atoms with Crippen molar-refractivity contribution in [2.75, 3.05) is 5.32 Å². The van der Waals surface area contributed by atoms with E-state index in [0.717, 1.165) is 5.69 Å². The van der Waals surface area contributed by atoms with Gasteiger partial charge in [-0.05, 0) is 19.1 Å². The number of carbonyl (C=O) groups is 1. The zero-order chi connectivity index (χ0) is 17.5. The van der Waals surface area contributed by atoms with E-state index in [1.54, 1.807) is 0 Å². The van der Waals surface area contributed by atoms with E-state index >= 15 is 0 Å². The van der Waals surface area contributed by atoms with Crippen molar-refractivity contribution in [2.24, 2.45) is 0 Å². The Balaban J connectivity index is 1.77. The first-order valence-corrected chi connectivity index (χ1v) is 8.55. The van der Waals surface area contributed by atoms with Crippen LogP contribution in [0.1, 0.15) is 24.1 Å². The van der Waals surface area contributed by atoms with Crippen molar-refractivity contribution in [3.8, 4) is 0 Å². The second-order valence-electron chi connectivity index (χ2n) is 6.14. The molecule has 3 rings (SSSR count). The number of nitrogens with one attached hydrogen (secondary N) is 1. The van der Waals surface area contributed by atoms with Gasteiger partial charge >= 0.3 is 0 Å². The highest BCUT2D eigenvalue weighted by atomic mass is 16.2. The predicted molar refractivity (Wildman–Crippen MR) is 101 cm³/mol. The Morgan fingerprint density at radius 2 is 1.20 bits per heavy atom. The van der Waals surface area contributed by atoms with E-state index in [2.05, 4.69) is 34.9 Å². The highest BCUT2D eigenvalue weighted by Gasteiger charge is 2.24. The number of rotatable bonds is 6. The summed E-state index contributed by atoms with van der Waals surface area (Å²) in [6.45, 7) is 1.94. The van der Waals surface area contributed by atoms with E-state index in [1.807, 2.05) is 73.7 Å². The molecule has 3 N–H and O–H groups in total. The van der Waals surface area contributed by atoms with Crippen LogP contribution in [0.2, 0.25) is 0 Å². The van der Waals surface area contributed by atoms with Crippen LogP contribution in [0.15, 0.2) is 91.0 Å². The first-order chi connectivity index (χ1) is 12.2. The Bertz CT molecular complexity index is 749. The van der Waals surface area contributed by atoms with Gasteiger partial charge in [-0.25, -0.2) is 0 Å². The number of hydrogen-bond acceptors (Lipinski definition) is 1. The summed E-state index contributed by atoms with van der Waals surface area (Å²) >= 11 is 0. The van der Waals surface area contributed by atoms with Crippen molar-refractivity contribution < 1.29 is 10.1 Å². The Kier molecular flexibility index (Phi) is 5.60. The summed E-state index contributed by atoms with van der Waals surface area (Å²) in [6, 6.07) is 30.0. The average Bonchev–Trinajstić information content (AvgIpc) is 2.68. The molecule has 0 aromatic heterocycles. The highest BCUT2D eigenvalue weighted by molar-refractivity contribution is 5.93. The minimum Gasteiger partial charge on any atom is -0.326 e. The van der Waals surface area contributed by atoms with Gasteiger partial charge < -0.3 is 10.6 Å². The molecule has 0 saturated carbocycles. The molecule has 1 atom stereocenters. The van der Waals surface area contributed by atoms with Gasteiger partial charge in [-0.1, -0.05) is 78.9 Å². The summed E-state index contributed by atoms with van der Waals surface area (Å²) in [7, 11) is 0. The van der Waals surface area contributed by atoms with Crippen LogP contribution in [0, 0.1) is 0 Å². The van der Waals surface area contributed by atoms with Crippen LogP contribution in [0.25, 0.3) is 0 Å². The number of amides is 1. The van der Waals surface area contributed by atoms with Crippen LogP contribution in [0.4, 0.5) is 5.69 Å². The van der Waals surface area contributed by atoms with E-state index < -0.39 is 0 Å². The third kappa shape index (κ3) is 4.55. The SMILES string of the molecule is C[C@@H]([NH2+]C(c1ccccc1)c1ccccc1)C(=O)Nc1ccccc1. The first kappa shape index (κ1) is 16.9. The van der Waals surface area contributed by atoms with Crippen molar-refractivity contribution in [1.29, 1.82) is 0 Å². The van der Waals surface area contributed by atoms with Gasteiger partial charge in [0, 0.05) is 16.8 Å². The second-order valence-corrected chi connectivity index (χ2v) is 6.14. The molecule has 0 radical (unpaired) electrons. The largest absolute Gasteiger partial charge is 0.326 e. The van der Waals surface area contributed by atoms with Crippen molar-refractivity contribution in [1.82, 2.24) is 0 Å². The van der Waals surface area contributed by atoms with Crippen molar-refractivity contribution in [2.45, 2.75) is 19.0 Å². The molecular weight excluding hydrogens is 308 g/mol. The van der Waals surface area contributed by atoms with Crippen LogP contribution < -0.4 is 10.6 Å². The van der Waals surface area contributed by atoms with Gasteiger partial charge in [0.05, 0.1) is 0 Å². The fraction of sp³-hybridized carbons (Fsp3) is 0.136. The van der Waals surface area contributed by atoms with E-state index in [4.69, 9.17) is 0 Å². The molecule has 3 nitrogen and oxygen atoms in total. The summed E-state index contributed by atoms with van der Waals surface area (Å²) in [5.41, 5.74) is 3.20. The molecule has 0 bridgehead atoms. The lowest BCUT2D eigenvalue weighted by molar-refractivity contribution is -0.704. The quantitative estimate of drug-likeness (QED) is 0.715. The fourth-order valence-corrected chi connectivity index (χ4v) is 2.89. The van der Waals surface area contributed by atoms with Gasteiger partial charge in [-0.15, -0.1) is 0 Å². The van der Waals surface area contributed by atoms with Crippen LogP contribution in [0.5, 0.6) is 0 Å². The lowest BCUT2D eigenvalue weighted by Gasteiger charge is -2.20. The van der Waals surface area contributed by atoms with Gasteiger partial charge in [0.25, 0.3) is 5.91 Å². The number of quaternary nitrogens is 1. The molecule has 0 aliphatic rings. The summed E-state index contributed by atoms with van der Waals surface area (Å²) in [4.78, 5) is 12.6. The zero-order valence-electron chi connectivity index (χ0n) is 14.3. The lowest BCUT2D eigenvalue weighted by atomic mass is 9.98. The maximum absolute atomic E-state index is 12.6. The van der Waals surface area contributed by atoms with E-state index in [-0.39, 0.29) is 18.0 Å². The minimum atomic E-state index is -0.217. The molecule has 0 aliphatic carbocycles. The third-order valence-corrected chi connectivity index (χ3v) is 4.25. The maximum atomic E-state index is 12.6. The summed E-state index contributed by atoms with van der Waals surface area (Å²) in [5.74, 6) is 0.00284. The van der Waals surface area contributed by atoms with Gasteiger partial charge in [0.2, 0.25) is 0 Å². The molecule has 3 heteroatoms. The van der Waals surface area contributed by atoms with Crippen molar-refractivity contribution >= 4 is 11.6 Å². The van der Waals surface area contributed by atoms with E-state index in [0.29, 0.717) is 0 Å². The van der Waals surface area contributed by atoms with Crippen LogP contribution >= 0.6 is 0 Å². The molecule has 0 fully saturated rings. The number of nitrogens with two attached hydrogens (primary N) is 1. The van der Waals surface area contributed by atoms with Gasteiger partial charge in [0.1, 0.15) is 6.04 Å². The van der Waals surface area contributed by atoms with Crippen LogP contribution in [-0.2, 0) is 4.79 Å². The van der Waals surface area contributed by atoms with Crippen molar-refractivity contribution in [3.63, 3.8) is 0 Å². The highest BCUT2D eigenvalue weighted by Crippen LogP contribution is 2.18. The number of para-hydroxylation sites is 1. The summed E-state index contributed by atoms with van der Waals surface area (Å²) in [6.07, 6.45) is 0. The molecular formula is C22H23N2O+. The average molecular weight is 331 g/mol. The zero-order valence-corrected chi connectivity index (χ0v) is 14.3. The smallest absolute Gasteiger partial charge is 0.282 e. The molecule has 25 heavy (non-hydrogen) atoms. The maximum Gasteiger partial charge on any atom is 0.282 e. The Hall–Kier alpha value is -2.91. The molecule has 0 unspecified atom stereocenters. The Morgan fingerprint density at radius 1 is 0.760 bits per heavy atom. The second kappa shape index (κ2) is 8.27. The molecule has 0 aliphatic heterocycles. The van der Waals surface area contributed by atoms with Crippen LogP contribution in [-0.4, -0.2) is 11.9 Å². The fourth-order valence-electron chi connectivity index (χ4n) is 2.89. The van der Waals surface area contributed by atoms with E-state index in [9.17, 15) is 4.79 Å². The monoisotopic (exact) mass is 331 g/mol. The molecule has 3 aromatic rings. The molecule has 0 spiro atoms. The van der Waals surface area contributed by atoms with Crippen molar-refractivity contribution in [3.05, 3.63) is 102 Å². The first-order valence-electron chi connectivity index (χ1n) is 8.55. The standard InChI is InChI=1S/C22H22N2O/c1-17(22(25)24-20-15-9-4-10-16-20)23-21(18-11-5-2-6-12-18)19-13-7-3-8-14-19/h2-17,21,23H,1H3,(H,24,25)/p+1/t17-/m1/s1. The number of benzene rings is 3. The topological polar surface area (TPSA) is 45.7 Å². The molecule has 0 saturated heterocycles. The Morgan fingerprint density at radius 3 is 1.68 bits per heavy atom. The molecule has 1 amide bonds. The number of anilines is 1. The molecule has 0 heterocycles. The summed E-state index contributed by atoms with van der Waals surface area (Å²) < 4.78 is 0. The molecule has 126 valence electrons. The number of hydrogen-bond donors (Lipinski definition) is 2. The van der Waals surface area contributed by atoms with E-state index in [1.165, 1.54) is 11.1 Å². The normalized spacial score (nSPS) is 11.9. The lowest BCUT2D eigenvalue weighted by Crippen LogP contribution is -2.92. The van der Waals surface area contributed by atoms with Gasteiger partial charge in [-0.2, -0.15) is 0 Å².